The molecule has 1 heterocycles. The number of nitrogens with two attached hydrogens (primary N) is 1. The zero-order chi connectivity index (χ0) is 14.3. The van der Waals surface area contributed by atoms with Crippen molar-refractivity contribution in [1.82, 2.24) is 15.5 Å². The van der Waals surface area contributed by atoms with E-state index in [0.29, 0.717) is 6.04 Å². The van der Waals surface area contributed by atoms with Crippen molar-refractivity contribution in [2.24, 2.45) is 5.73 Å². The summed E-state index contributed by atoms with van der Waals surface area (Å²) in [5.41, 5.74) is 4.99. The predicted octanol–water partition coefficient (Wildman–Crippen LogP) is 0.424. The Morgan fingerprint density at radius 1 is 1.42 bits per heavy atom. The summed E-state index contributed by atoms with van der Waals surface area (Å²) >= 11 is 0. The quantitative estimate of drug-likeness (QED) is 0.611. The van der Waals surface area contributed by atoms with E-state index < -0.39 is 6.03 Å². The number of carbonyl (C=O) groups is 2. The number of nitrogens with one attached hydrogen (secondary N) is 2. The van der Waals surface area contributed by atoms with Crippen molar-refractivity contribution in [3.63, 3.8) is 0 Å². The van der Waals surface area contributed by atoms with Crippen molar-refractivity contribution in [1.29, 1.82) is 0 Å². The van der Waals surface area contributed by atoms with Crippen molar-refractivity contribution in [2.75, 3.05) is 19.6 Å². The second-order valence-corrected chi connectivity index (χ2v) is 5.12. The molecule has 2 unspecified atom stereocenters. The molecule has 1 fully saturated rings. The molecule has 1 aliphatic rings. The number of piperidine rings is 1. The second kappa shape index (κ2) is 8.12. The van der Waals surface area contributed by atoms with E-state index in [1.54, 1.807) is 0 Å². The first-order valence-corrected chi connectivity index (χ1v) is 7.13. The molecule has 0 aromatic rings. The Bertz CT molecular complexity index is 309. The molecule has 0 aliphatic carbocycles. The predicted molar refractivity (Wildman–Crippen MR) is 74.7 cm³/mol. The third kappa shape index (κ3) is 5.16. The first-order chi connectivity index (χ1) is 9.06. The lowest BCUT2D eigenvalue weighted by Crippen LogP contribution is -2.55. The molecule has 0 saturated carbocycles. The Kier molecular flexibility index (Phi) is 6.80. The molecule has 0 aromatic carbocycles. The summed E-state index contributed by atoms with van der Waals surface area (Å²) in [7, 11) is 0. The van der Waals surface area contributed by atoms with Crippen LogP contribution in [0.1, 0.15) is 39.5 Å². The normalized spacial score (nSPS) is 21.9. The lowest BCUT2D eigenvalue weighted by Gasteiger charge is -2.39. The van der Waals surface area contributed by atoms with E-state index in [0.717, 1.165) is 38.9 Å². The highest BCUT2D eigenvalue weighted by atomic mass is 16.2. The smallest absolute Gasteiger partial charge is 0.318 e. The lowest BCUT2D eigenvalue weighted by molar-refractivity contribution is -0.126. The standard InChI is InChI=1S/C13H26N4O2/c1-3-7-15-9-11-6-4-5-8-17(11)10(2)12(18)16-13(14)19/h10-11,15H,3-9H2,1-2H3,(H3,14,16,18,19). The maximum Gasteiger partial charge on any atom is 0.318 e. The molecule has 0 spiro atoms. The molecule has 2 atom stereocenters. The maximum absolute atomic E-state index is 11.9. The first-order valence-electron chi connectivity index (χ1n) is 7.13. The van der Waals surface area contributed by atoms with Crippen LogP contribution in [0.4, 0.5) is 4.79 Å². The number of nitrogens with zero attached hydrogens (tertiary/aromatic N) is 1. The van der Waals surface area contributed by atoms with Crippen LogP contribution in [0.15, 0.2) is 0 Å². The van der Waals surface area contributed by atoms with Gasteiger partial charge < -0.3 is 11.1 Å². The highest BCUT2D eigenvalue weighted by Crippen LogP contribution is 2.19. The molecule has 3 amide bonds. The Morgan fingerprint density at radius 2 is 2.16 bits per heavy atom. The van der Waals surface area contributed by atoms with Crippen molar-refractivity contribution >= 4 is 11.9 Å². The van der Waals surface area contributed by atoms with Gasteiger partial charge in [-0.1, -0.05) is 13.3 Å². The van der Waals surface area contributed by atoms with Gasteiger partial charge in [0.1, 0.15) is 0 Å². The third-order valence-electron chi connectivity index (χ3n) is 3.60. The summed E-state index contributed by atoms with van der Waals surface area (Å²) in [6, 6.07) is -0.746. The average molecular weight is 270 g/mol. The van der Waals surface area contributed by atoms with E-state index in [1.807, 2.05) is 6.92 Å². The fourth-order valence-corrected chi connectivity index (χ4v) is 2.57. The maximum atomic E-state index is 11.9. The number of hydrogen-bond acceptors (Lipinski definition) is 4. The molecular formula is C13H26N4O2. The van der Waals surface area contributed by atoms with Crippen LogP contribution in [0.2, 0.25) is 0 Å². The summed E-state index contributed by atoms with van der Waals surface area (Å²) in [5, 5.41) is 5.57. The molecular weight excluding hydrogens is 244 g/mol. The van der Waals surface area contributed by atoms with Crippen LogP contribution in [0.3, 0.4) is 0 Å². The van der Waals surface area contributed by atoms with E-state index in [2.05, 4.69) is 22.5 Å². The Labute approximate surface area is 115 Å². The highest BCUT2D eigenvalue weighted by molar-refractivity contribution is 5.96. The monoisotopic (exact) mass is 270 g/mol. The average Bonchev–Trinajstić information content (AvgIpc) is 2.38. The van der Waals surface area contributed by atoms with E-state index in [9.17, 15) is 9.59 Å². The Balaban J connectivity index is 2.54. The van der Waals surface area contributed by atoms with Gasteiger partial charge in [0.15, 0.2) is 0 Å². The number of hydrogen-bond donors (Lipinski definition) is 3. The van der Waals surface area contributed by atoms with E-state index in [-0.39, 0.29) is 11.9 Å². The molecule has 0 radical (unpaired) electrons. The van der Waals surface area contributed by atoms with Crippen LogP contribution in [0, 0.1) is 0 Å². The van der Waals surface area contributed by atoms with Gasteiger partial charge in [-0.15, -0.1) is 0 Å². The largest absolute Gasteiger partial charge is 0.351 e. The van der Waals surface area contributed by atoms with Crippen LogP contribution in [0.25, 0.3) is 0 Å². The second-order valence-electron chi connectivity index (χ2n) is 5.12. The minimum Gasteiger partial charge on any atom is -0.351 e. The van der Waals surface area contributed by atoms with Gasteiger partial charge in [-0.3, -0.25) is 15.0 Å². The van der Waals surface area contributed by atoms with Crippen molar-refractivity contribution in [3.05, 3.63) is 0 Å². The van der Waals surface area contributed by atoms with E-state index in [4.69, 9.17) is 5.73 Å². The number of amides is 3. The lowest BCUT2D eigenvalue weighted by atomic mass is 9.99. The topological polar surface area (TPSA) is 87.5 Å². The van der Waals surface area contributed by atoms with Crippen LogP contribution in [-0.4, -0.2) is 48.6 Å². The molecule has 19 heavy (non-hydrogen) atoms. The van der Waals surface area contributed by atoms with Crippen LogP contribution in [0.5, 0.6) is 0 Å². The molecule has 1 saturated heterocycles. The minimum atomic E-state index is -0.783. The van der Waals surface area contributed by atoms with Gasteiger partial charge in [0.05, 0.1) is 6.04 Å². The third-order valence-corrected chi connectivity index (χ3v) is 3.60. The molecule has 0 aromatic heterocycles. The van der Waals surface area contributed by atoms with Gasteiger partial charge in [0.25, 0.3) is 0 Å². The number of primary amides is 1. The van der Waals surface area contributed by atoms with Gasteiger partial charge in [-0.2, -0.15) is 0 Å². The fraction of sp³-hybridized carbons (Fsp3) is 0.846. The first kappa shape index (κ1) is 15.9. The minimum absolute atomic E-state index is 0.310. The Hall–Kier alpha value is -1.14. The molecule has 110 valence electrons. The van der Waals surface area contributed by atoms with E-state index in [1.165, 1.54) is 6.42 Å². The number of rotatable bonds is 6. The van der Waals surface area contributed by atoms with Crippen molar-refractivity contribution < 1.29 is 9.59 Å². The zero-order valence-electron chi connectivity index (χ0n) is 11.9. The number of likely N-dealkylation sites (tertiary alicyclic amines) is 1. The summed E-state index contributed by atoms with van der Waals surface area (Å²) < 4.78 is 0. The van der Waals surface area contributed by atoms with Gasteiger partial charge in [0, 0.05) is 12.6 Å². The number of imide groups is 1. The highest BCUT2D eigenvalue weighted by Gasteiger charge is 2.30. The van der Waals surface area contributed by atoms with Crippen LogP contribution in [-0.2, 0) is 4.79 Å². The van der Waals surface area contributed by atoms with Gasteiger partial charge in [0.2, 0.25) is 5.91 Å². The number of carbonyl (C=O) groups excluding carboxylic acids is 2. The summed E-state index contributed by atoms with van der Waals surface area (Å²) in [4.78, 5) is 24.8. The molecule has 6 heteroatoms. The van der Waals surface area contributed by atoms with Crippen molar-refractivity contribution in [3.8, 4) is 0 Å². The van der Waals surface area contributed by atoms with Gasteiger partial charge in [-0.25, -0.2) is 4.79 Å². The van der Waals surface area contributed by atoms with Crippen LogP contribution >= 0.6 is 0 Å². The Morgan fingerprint density at radius 3 is 2.79 bits per heavy atom. The van der Waals surface area contributed by atoms with Crippen molar-refractivity contribution in [2.45, 2.75) is 51.6 Å². The van der Waals surface area contributed by atoms with Crippen LogP contribution < -0.4 is 16.4 Å². The SMILES string of the molecule is CCCNCC1CCCCN1C(C)C(=O)NC(N)=O. The van der Waals surface area contributed by atoms with Gasteiger partial charge >= 0.3 is 6.03 Å². The fourth-order valence-electron chi connectivity index (χ4n) is 2.57. The van der Waals surface area contributed by atoms with Gasteiger partial charge in [-0.05, 0) is 39.3 Å². The summed E-state index contributed by atoms with van der Waals surface area (Å²) in [6.45, 7) is 6.74. The molecule has 1 aliphatic heterocycles. The molecule has 4 N–H and O–H groups in total. The van der Waals surface area contributed by atoms with E-state index >= 15 is 0 Å². The molecule has 1 rings (SSSR count). The number of urea groups is 1. The molecule has 0 bridgehead atoms. The summed E-state index contributed by atoms with van der Waals surface area (Å²) in [5.74, 6) is -0.310. The molecule has 6 nitrogen and oxygen atoms in total. The summed E-state index contributed by atoms with van der Waals surface area (Å²) in [6.07, 6.45) is 4.48. The zero-order valence-corrected chi connectivity index (χ0v) is 11.9.